The first-order valence-corrected chi connectivity index (χ1v) is 7.87. The van der Waals surface area contributed by atoms with Crippen LogP contribution in [0, 0.1) is 0 Å². The number of carboxylic acid groups (broad SMARTS) is 1. The van der Waals surface area contributed by atoms with E-state index in [9.17, 15) is 14.7 Å². The van der Waals surface area contributed by atoms with Gasteiger partial charge in [0.1, 0.15) is 18.1 Å². The summed E-state index contributed by atoms with van der Waals surface area (Å²) in [6.07, 6.45) is 2.07. The lowest BCUT2D eigenvalue weighted by Gasteiger charge is -2.25. The molecular formula is C17H16N2O5. The Hall–Kier alpha value is -2.83. The Labute approximate surface area is 137 Å². The number of aliphatic carboxylic acids is 1. The smallest absolute Gasteiger partial charge is 0.331 e. The summed E-state index contributed by atoms with van der Waals surface area (Å²) in [7, 11) is 0. The summed E-state index contributed by atoms with van der Waals surface area (Å²) in [6, 6.07) is 7.38. The quantitative estimate of drug-likeness (QED) is 0.928. The highest BCUT2D eigenvalue weighted by Gasteiger charge is 2.37. The summed E-state index contributed by atoms with van der Waals surface area (Å²) in [5.41, 5.74) is 0.601. The third kappa shape index (κ3) is 2.51. The number of carboxylic acids is 1. The highest BCUT2D eigenvalue weighted by Crippen LogP contribution is 2.40. The standard InChI is InChI=1S/C17H16N2O5/c20-16(12-9-14(24-18-12)10-5-6-10)19-7-8-23-13-4-2-1-3-11(13)15(19)17(21)22/h1-4,9-10,15H,5-8H2,(H,21,22). The minimum Gasteiger partial charge on any atom is -0.491 e. The normalized spacial score (nSPS) is 20.0. The molecule has 0 radical (unpaired) electrons. The molecule has 1 unspecified atom stereocenters. The van der Waals surface area contributed by atoms with Crippen LogP contribution in [0.4, 0.5) is 0 Å². The van der Waals surface area contributed by atoms with Gasteiger partial charge in [0.15, 0.2) is 11.7 Å². The first-order valence-electron chi connectivity index (χ1n) is 7.87. The van der Waals surface area contributed by atoms with Crippen LogP contribution in [-0.2, 0) is 4.79 Å². The van der Waals surface area contributed by atoms with E-state index in [1.165, 1.54) is 4.90 Å². The maximum absolute atomic E-state index is 12.8. The van der Waals surface area contributed by atoms with Gasteiger partial charge in [-0.1, -0.05) is 23.4 Å². The van der Waals surface area contributed by atoms with Gasteiger partial charge < -0.3 is 19.3 Å². The van der Waals surface area contributed by atoms with Crippen molar-refractivity contribution in [1.82, 2.24) is 10.1 Å². The molecule has 0 saturated heterocycles. The van der Waals surface area contributed by atoms with Crippen molar-refractivity contribution in [3.05, 3.63) is 47.3 Å². The van der Waals surface area contributed by atoms with E-state index in [1.807, 2.05) is 0 Å². The second-order valence-corrected chi connectivity index (χ2v) is 6.01. The van der Waals surface area contributed by atoms with Crippen LogP contribution in [0.2, 0.25) is 0 Å². The van der Waals surface area contributed by atoms with E-state index < -0.39 is 17.9 Å². The van der Waals surface area contributed by atoms with Crippen LogP contribution >= 0.6 is 0 Å². The van der Waals surface area contributed by atoms with Crippen molar-refractivity contribution in [3.63, 3.8) is 0 Å². The number of amides is 1. The van der Waals surface area contributed by atoms with Gasteiger partial charge in [-0.25, -0.2) is 4.79 Å². The largest absolute Gasteiger partial charge is 0.491 e. The molecule has 1 aromatic heterocycles. The number of fused-ring (bicyclic) bond motifs is 1. The van der Waals surface area contributed by atoms with Gasteiger partial charge in [0.2, 0.25) is 0 Å². The van der Waals surface area contributed by atoms with E-state index in [-0.39, 0.29) is 18.8 Å². The van der Waals surface area contributed by atoms with E-state index in [2.05, 4.69) is 5.16 Å². The number of carbonyl (C=O) groups is 2. The van der Waals surface area contributed by atoms with Crippen molar-refractivity contribution >= 4 is 11.9 Å². The molecule has 1 atom stereocenters. The number of aromatic nitrogens is 1. The van der Waals surface area contributed by atoms with Crippen molar-refractivity contribution in [2.24, 2.45) is 0 Å². The highest BCUT2D eigenvalue weighted by atomic mass is 16.5. The van der Waals surface area contributed by atoms with Gasteiger partial charge in [-0.3, -0.25) is 4.79 Å². The third-order valence-corrected chi connectivity index (χ3v) is 4.34. The van der Waals surface area contributed by atoms with Crippen LogP contribution in [0.1, 0.15) is 46.6 Å². The molecule has 24 heavy (non-hydrogen) atoms. The maximum atomic E-state index is 12.8. The van der Waals surface area contributed by atoms with Crippen LogP contribution in [0.3, 0.4) is 0 Å². The van der Waals surface area contributed by atoms with Gasteiger partial charge in [-0.2, -0.15) is 0 Å². The number of hydrogen-bond acceptors (Lipinski definition) is 5. The molecule has 2 aliphatic rings. The summed E-state index contributed by atoms with van der Waals surface area (Å²) in [5, 5.41) is 13.5. The molecule has 2 aromatic rings. The Balaban J connectivity index is 1.69. The minimum absolute atomic E-state index is 0.141. The molecular weight excluding hydrogens is 312 g/mol. The number of para-hydroxylation sites is 1. The van der Waals surface area contributed by atoms with Gasteiger partial charge in [0.05, 0.1) is 6.54 Å². The molecule has 7 heteroatoms. The molecule has 2 heterocycles. The fourth-order valence-corrected chi connectivity index (χ4v) is 2.97. The predicted molar refractivity (Wildman–Crippen MR) is 81.8 cm³/mol. The lowest BCUT2D eigenvalue weighted by Crippen LogP contribution is -2.40. The van der Waals surface area contributed by atoms with E-state index in [1.54, 1.807) is 30.3 Å². The number of rotatable bonds is 3. The number of hydrogen-bond donors (Lipinski definition) is 1. The SMILES string of the molecule is O=C(O)C1c2ccccc2OCCN1C(=O)c1cc(C2CC2)on1. The van der Waals surface area contributed by atoms with Gasteiger partial charge in [-0.05, 0) is 18.9 Å². The summed E-state index contributed by atoms with van der Waals surface area (Å²) in [5.74, 6) is -0.0520. The summed E-state index contributed by atoms with van der Waals surface area (Å²) >= 11 is 0. The third-order valence-electron chi connectivity index (χ3n) is 4.34. The monoisotopic (exact) mass is 328 g/mol. The molecule has 4 rings (SSSR count). The van der Waals surface area contributed by atoms with Gasteiger partial charge in [0.25, 0.3) is 5.91 Å². The molecule has 1 aliphatic carbocycles. The van der Waals surface area contributed by atoms with Crippen LogP contribution in [-0.4, -0.2) is 40.2 Å². The van der Waals surface area contributed by atoms with Gasteiger partial charge in [-0.15, -0.1) is 0 Å². The van der Waals surface area contributed by atoms with Crippen molar-refractivity contribution in [2.45, 2.75) is 24.8 Å². The Morgan fingerprint density at radius 2 is 2.04 bits per heavy atom. The van der Waals surface area contributed by atoms with E-state index in [4.69, 9.17) is 9.26 Å². The molecule has 1 amide bonds. The summed E-state index contributed by atoms with van der Waals surface area (Å²) < 4.78 is 10.8. The van der Waals surface area contributed by atoms with Crippen molar-refractivity contribution in [1.29, 1.82) is 0 Å². The minimum atomic E-state index is -1.11. The lowest BCUT2D eigenvalue weighted by atomic mass is 10.0. The van der Waals surface area contributed by atoms with Crippen LogP contribution in [0.15, 0.2) is 34.9 Å². The highest BCUT2D eigenvalue weighted by molar-refractivity contribution is 5.95. The molecule has 1 fully saturated rings. The lowest BCUT2D eigenvalue weighted by molar-refractivity contribution is -0.142. The molecule has 124 valence electrons. The number of ether oxygens (including phenoxy) is 1. The molecule has 1 aromatic carbocycles. The van der Waals surface area contributed by atoms with E-state index >= 15 is 0 Å². The second-order valence-electron chi connectivity index (χ2n) is 6.01. The van der Waals surface area contributed by atoms with Crippen LogP contribution in [0.5, 0.6) is 5.75 Å². The number of carbonyl (C=O) groups excluding carboxylic acids is 1. The van der Waals surface area contributed by atoms with E-state index in [0.717, 1.165) is 12.8 Å². The van der Waals surface area contributed by atoms with Gasteiger partial charge in [0, 0.05) is 17.5 Å². The van der Waals surface area contributed by atoms with Crippen molar-refractivity contribution in [2.75, 3.05) is 13.2 Å². The Kier molecular flexibility index (Phi) is 3.48. The zero-order valence-corrected chi connectivity index (χ0v) is 12.8. The fourth-order valence-electron chi connectivity index (χ4n) is 2.97. The van der Waals surface area contributed by atoms with Crippen LogP contribution in [0.25, 0.3) is 0 Å². The molecule has 7 nitrogen and oxygen atoms in total. The molecule has 0 spiro atoms. The number of nitrogens with zero attached hydrogens (tertiary/aromatic N) is 2. The Morgan fingerprint density at radius 3 is 2.79 bits per heavy atom. The topological polar surface area (TPSA) is 92.9 Å². The second kappa shape index (κ2) is 5.67. The average molecular weight is 328 g/mol. The molecule has 1 saturated carbocycles. The first-order chi connectivity index (χ1) is 11.6. The Morgan fingerprint density at radius 1 is 1.25 bits per heavy atom. The van der Waals surface area contributed by atoms with E-state index in [0.29, 0.717) is 23.0 Å². The summed E-state index contributed by atoms with van der Waals surface area (Å²) in [4.78, 5) is 25.9. The fraction of sp³-hybridized carbons (Fsp3) is 0.353. The molecule has 1 N–H and O–H groups in total. The Bertz CT molecular complexity index is 796. The van der Waals surface area contributed by atoms with Crippen LogP contribution < -0.4 is 4.74 Å². The first kappa shape index (κ1) is 14.7. The zero-order valence-electron chi connectivity index (χ0n) is 12.8. The predicted octanol–water partition coefficient (Wildman–Crippen LogP) is 2.21. The van der Waals surface area contributed by atoms with Crippen molar-refractivity contribution < 1.29 is 24.0 Å². The maximum Gasteiger partial charge on any atom is 0.331 e. The summed E-state index contributed by atoms with van der Waals surface area (Å²) in [6.45, 7) is 0.385. The zero-order chi connectivity index (χ0) is 16.7. The average Bonchev–Trinajstić information content (AvgIpc) is 3.34. The molecule has 1 aliphatic heterocycles. The molecule has 0 bridgehead atoms. The van der Waals surface area contributed by atoms with Crippen molar-refractivity contribution in [3.8, 4) is 5.75 Å². The van der Waals surface area contributed by atoms with Gasteiger partial charge >= 0.3 is 5.97 Å². The number of benzene rings is 1.